The highest BCUT2D eigenvalue weighted by Crippen LogP contribution is 2.37. The van der Waals surface area contributed by atoms with E-state index in [1.165, 1.54) is 6.07 Å². The van der Waals surface area contributed by atoms with Crippen LogP contribution in [0.25, 0.3) is 5.65 Å². The van der Waals surface area contributed by atoms with Crippen LogP contribution in [0.5, 0.6) is 0 Å². The number of hydrogen-bond donors (Lipinski definition) is 1. The Balaban J connectivity index is 1.43. The van der Waals surface area contributed by atoms with Gasteiger partial charge in [0.2, 0.25) is 0 Å². The molecule has 4 heterocycles. The molecule has 0 spiro atoms. The number of rotatable bonds is 3. The Kier molecular flexibility index (Phi) is 5.00. The first kappa shape index (κ1) is 19.8. The molecule has 5 rings (SSSR count). The molecule has 2 fully saturated rings. The lowest BCUT2D eigenvalue weighted by atomic mass is 9.99. The molecule has 1 aromatic carbocycles. The van der Waals surface area contributed by atoms with Gasteiger partial charge in [-0.1, -0.05) is 13.0 Å². The fourth-order valence-corrected chi connectivity index (χ4v) is 4.76. The lowest BCUT2D eigenvalue weighted by Gasteiger charge is -2.27. The first-order valence-corrected chi connectivity index (χ1v) is 10.9. The van der Waals surface area contributed by atoms with Gasteiger partial charge in [-0.2, -0.15) is 5.10 Å². The Hall–Kier alpha value is -3.16. The molecule has 2 aliphatic heterocycles. The molecule has 8 heteroatoms. The second-order valence-electron chi connectivity index (χ2n) is 8.73. The molecule has 3 aromatic rings. The maximum Gasteiger partial charge on any atom is 0.321 e. The second kappa shape index (κ2) is 7.83. The second-order valence-corrected chi connectivity index (χ2v) is 8.73. The van der Waals surface area contributed by atoms with Crippen molar-refractivity contribution in [1.82, 2.24) is 19.5 Å². The van der Waals surface area contributed by atoms with E-state index in [4.69, 9.17) is 4.98 Å². The third-order valence-corrected chi connectivity index (χ3v) is 6.45. The van der Waals surface area contributed by atoms with Crippen molar-refractivity contribution in [1.29, 1.82) is 0 Å². The molecule has 2 saturated heterocycles. The average molecular weight is 423 g/mol. The van der Waals surface area contributed by atoms with Crippen LogP contribution in [0.2, 0.25) is 0 Å². The van der Waals surface area contributed by atoms with Crippen LogP contribution in [-0.2, 0) is 0 Å². The van der Waals surface area contributed by atoms with Crippen molar-refractivity contribution in [2.45, 2.75) is 39.2 Å². The third kappa shape index (κ3) is 3.71. The van der Waals surface area contributed by atoms with E-state index in [1.807, 2.05) is 30.2 Å². The normalized spacial score (nSPS) is 21.3. The zero-order chi connectivity index (χ0) is 21.5. The topological polar surface area (TPSA) is 65.8 Å². The average Bonchev–Trinajstić information content (AvgIpc) is 3.49. The predicted octanol–water partition coefficient (Wildman–Crippen LogP) is 4.39. The molecule has 162 valence electrons. The largest absolute Gasteiger partial charge is 0.349 e. The molecule has 0 bridgehead atoms. The number of amides is 2. The highest BCUT2D eigenvalue weighted by Gasteiger charge is 2.29. The fraction of sp³-hybridized carbons (Fsp3) is 0.435. The molecule has 0 aliphatic carbocycles. The van der Waals surface area contributed by atoms with E-state index in [0.29, 0.717) is 17.3 Å². The van der Waals surface area contributed by atoms with Gasteiger partial charge in [0.05, 0.1) is 12.2 Å². The van der Waals surface area contributed by atoms with Gasteiger partial charge < -0.3 is 15.1 Å². The first-order chi connectivity index (χ1) is 15.0. The zero-order valence-electron chi connectivity index (χ0n) is 17.9. The predicted molar refractivity (Wildman–Crippen MR) is 118 cm³/mol. The van der Waals surface area contributed by atoms with E-state index in [-0.39, 0.29) is 17.9 Å². The lowest BCUT2D eigenvalue weighted by molar-refractivity contribution is 0.221. The summed E-state index contributed by atoms with van der Waals surface area (Å²) in [7, 11) is 0. The molecule has 7 nitrogen and oxygen atoms in total. The summed E-state index contributed by atoms with van der Waals surface area (Å²) in [5, 5.41) is 7.31. The van der Waals surface area contributed by atoms with Crippen LogP contribution in [0.3, 0.4) is 0 Å². The van der Waals surface area contributed by atoms with Crippen molar-refractivity contribution in [3.8, 4) is 0 Å². The maximum atomic E-state index is 13.9. The Morgan fingerprint density at radius 3 is 2.90 bits per heavy atom. The summed E-state index contributed by atoms with van der Waals surface area (Å²) in [6.07, 6.45) is 6.50. The molecule has 0 radical (unpaired) electrons. The summed E-state index contributed by atoms with van der Waals surface area (Å²) in [4.78, 5) is 21.6. The summed E-state index contributed by atoms with van der Waals surface area (Å²) in [5.41, 5.74) is 3.30. The number of likely N-dealkylation sites (tertiary alicyclic amines) is 1. The minimum atomic E-state index is -0.215. The number of nitrogens with zero attached hydrogens (tertiary/aromatic N) is 5. The number of urea groups is 1. The molecular formula is C23H27FN6O. The Labute approximate surface area is 180 Å². The number of fused-ring (bicyclic) bond motifs is 1. The van der Waals surface area contributed by atoms with Gasteiger partial charge in [0.25, 0.3) is 0 Å². The van der Waals surface area contributed by atoms with Gasteiger partial charge >= 0.3 is 6.03 Å². The van der Waals surface area contributed by atoms with Crippen LogP contribution in [0.15, 0.2) is 36.7 Å². The van der Waals surface area contributed by atoms with E-state index in [1.54, 1.807) is 16.8 Å². The number of benzene rings is 1. The number of carbonyl (C=O) groups excluding carboxylic acids is 1. The Morgan fingerprint density at radius 2 is 2.10 bits per heavy atom. The smallest absolute Gasteiger partial charge is 0.321 e. The number of aromatic nitrogens is 3. The van der Waals surface area contributed by atoms with Gasteiger partial charge in [-0.3, -0.25) is 0 Å². The number of anilines is 2. The van der Waals surface area contributed by atoms with Crippen molar-refractivity contribution in [3.63, 3.8) is 0 Å². The van der Waals surface area contributed by atoms with Crippen molar-refractivity contribution in [2.24, 2.45) is 5.92 Å². The van der Waals surface area contributed by atoms with Gasteiger partial charge in [-0.05, 0) is 61.4 Å². The maximum absolute atomic E-state index is 13.9. The van der Waals surface area contributed by atoms with E-state index in [0.717, 1.165) is 55.8 Å². The molecule has 0 saturated carbocycles. The summed E-state index contributed by atoms with van der Waals surface area (Å²) in [5.74, 6) is 1.12. The standard InChI is InChI=1S/C23H27FN6O/c1-15-7-10-28(14-15)23(31)26-19-13-25-30-11-8-21(27-22(19)30)29-9-3-4-20(29)18-12-17(24)6-5-16(18)2/h5-6,8,11-13,15,20H,3-4,7,9-10,14H2,1-2H3,(H,26,31)/t15-,20?/m0/s1. The SMILES string of the molecule is Cc1ccc(F)cc1C1CCCN1c1ccn2ncc(NC(=O)N3CC[C@H](C)C3)c2n1. The number of nitrogens with one attached hydrogen (secondary N) is 1. The highest BCUT2D eigenvalue weighted by molar-refractivity contribution is 5.93. The van der Waals surface area contributed by atoms with Gasteiger partial charge in [0.1, 0.15) is 17.3 Å². The minimum Gasteiger partial charge on any atom is -0.349 e. The first-order valence-electron chi connectivity index (χ1n) is 10.9. The van der Waals surface area contributed by atoms with Gasteiger partial charge in [-0.15, -0.1) is 0 Å². The lowest BCUT2D eigenvalue weighted by Crippen LogP contribution is -2.32. The van der Waals surface area contributed by atoms with Gasteiger partial charge in [-0.25, -0.2) is 18.7 Å². The molecule has 1 N–H and O–H groups in total. The van der Waals surface area contributed by atoms with Crippen LogP contribution >= 0.6 is 0 Å². The van der Waals surface area contributed by atoms with E-state index < -0.39 is 0 Å². The quantitative estimate of drug-likeness (QED) is 0.680. The zero-order valence-corrected chi connectivity index (χ0v) is 17.9. The monoisotopic (exact) mass is 422 g/mol. The molecule has 2 amide bonds. The van der Waals surface area contributed by atoms with Crippen molar-refractivity contribution >= 4 is 23.2 Å². The van der Waals surface area contributed by atoms with Crippen LogP contribution in [-0.4, -0.2) is 45.2 Å². The summed E-state index contributed by atoms with van der Waals surface area (Å²) < 4.78 is 15.6. The minimum absolute atomic E-state index is 0.0812. The molecule has 2 atom stereocenters. The molecule has 1 unspecified atom stereocenters. The van der Waals surface area contributed by atoms with Crippen LogP contribution in [0.1, 0.15) is 43.4 Å². The number of aryl methyl sites for hydroxylation is 1. The van der Waals surface area contributed by atoms with Gasteiger partial charge in [0, 0.05) is 25.8 Å². The molecule has 2 aliphatic rings. The number of hydrogen-bond acceptors (Lipinski definition) is 4. The summed E-state index contributed by atoms with van der Waals surface area (Å²) in [6, 6.07) is 6.88. The molecule has 2 aromatic heterocycles. The van der Waals surface area contributed by atoms with E-state index >= 15 is 0 Å². The Morgan fingerprint density at radius 1 is 1.23 bits per heavy atom. The third-order valence-electron chi connectivity index (χ3n) is 6.45. The number of halogens is 1. The van der Waals surface area contributed by atoms with Crippen molar-refractivity contribution in [3.05, 3.63) is 53.6 Å². The van der Waals surface area contributed by atoms with Gasteiger partial charge in [0.15, 0.2) is 5.65 Å². The Bertz CT molecular complexity index is 1130. The van der Waals surface area contributed by atoms with Crippen LogP contribution in [0, 0.1) is 18.7 Å². The molecule has 31 heavy (non-hydrogen) atoms. The fourth-order valence-electron chi connectivity index (χ4n) is 4.76. The van der Waals surface area contributed by atoms with E-state index in [9.17, 15) is 9.18 Å². The van der Waals surface area contributed by atoms with Crippen molar-refractivity contribution < 1.29 is 9.18 Å². The highest BCUT2D eigenvalue weighted by atomic mass is 19.1. The summed E-state index contributed by atoms with van der Waals surface area (Å²) in [6.45, 7) is 6.57. The van der Waals surface area contributed by atoms with Crippen molar-refractivity contribution in [2.75, 3.05) is 29.9 Å². The van der Waals surface area contributed by atoms with E-state index in [2.05, 4.69) is 22.2 Å². The number of carbonyl (C=O) groups is 1. The summed E-state index contributed by atoms with van der Waals surface area (Å²) >= 11 is 0. The van der Waals surface area contributed by atoms with Crippen LogP contribution in [0.4, 0.5) is 20.7 Å². The van der Waals surface area contributed by atoms with Crippen LogP contribution < -0.4 is 10.2 Å². The molecular weight excluding hydrogens is 395 g/mol.